The minimum atomic E-state index is 0.334. The number of halogens is 1. The van der Waals surface area contributed by atoms with Gasteiger partial charge < -0.3 is 10.1 Å². The van der Waals surface area contributed by atoms with E-state index in [2.05, 4.69) is 71.5 Å². The van der Waals surface area contributed by atoms with Crippen LogP contribution >= 0.6 is 15.9 Å². The van der Waals surface area contributed by atoms with Gasteiger partial charge in [-0.05, 0) is 52.5 Å². The third-order valence-electron chi connectivity index (χ3n) is 3.37. The Hall–Kier alpha value is -1.32. The molecule has 0 aliphatic heterocycles. The standard InChI is InChI=1S/C18H22BrNO/c1-3-11-21-18-10-9-15(12-17(18)19)13-20-14(2)16-7-5-4-6-8-16/h4-10,12,14,20H,3,11,13H2,1-2H3/t14-/m0/s1. The highest BCUT2D eigenvalue weighted by molar-refractivity contribution is 9.10. The van der Waals surface area contributed by atoms with E-state index in [1.165, 1.54) is 11.1 Å². The van der Waals surface area contributed by atoms with Crippen LogP contribution in [-0.4, -0.2) is 6.61 Å². The van der Waals surface area contributed by atoms with Crippen LogP contribution in [0.2, 0.25) is 0 Å². The molecule has 0 fully saturated rings. The van der Waals surface area contributed by atoms with Crippen molar-refractivity contribution in [3.05, 3.63) is 64.1 Å². The minimum Gasteiger partial charge on any atom is -0.492 e. The zero-order chi connectivity index (χ0) is 15.1. The topological polar surface area (TPSA) is 21.3 Å². The van der Waals surface area contributed by atoms with Crippen LogP contribution in [0.1, 0.15) is 37.4 Å². The van der Waals surface area contributed by atoms with Gasteiger partial charge in [-0.3, -0.25) is 0 Å². The molecule has 0 saturated heterocycles. The highest BCUT2D eigenvalue weighted by atomic mass is 79.9. The quantitative estimate of drug-likeness (QED) is 0.753. The summed E-state index contributed by atoms with van der Waals surface area (Å²) in [6.45, 7) is 5.88. The van der Waals surface area contributed by atoms with E-state index in [1.54, 1.807) is 0 Å². The van der Waals surface area contributed by atoms with Gasteiger partial charge in [-0.1, -0.05) is 43.3 Å². The first kappa shape index (κ1) is 16.1. The van der Waals surface area contributed by atoms with Crippen molar-refractivity contribution < 1.29 is 4.74 Å². The summed E-state index contributed by atoms with van der Waals surface area (Å²) >= 11 is 3.58. The normalized spacial score (nSPS) is 12.1. The fourth-order valence-corrected chi connectivity index (χ4v) is 2.65. The van der Waals surface area contributed by atoms with Crippen LogP contribution in [0.15, 0.2) is 53.0 Å². The van der Waals surface area contributed by atoms with Gasteiger partial charge in [0.1, 0.15) is 5.75 Å². The average molecular weight is 348 g/mol. The molecule has 2 rings (SSSR count). The summed E-state index contributed by atoms with van der Waals surface area (Å²) in [6.07, 6.45) is 1.02. The average Bonchev–Trinajstić information content (AvgIpc) is 2.52. The van der Waals surface area contributed by atoms with Gasteiger partial charge in [-0.25, -0.2) is 0 Å². The number of rotatable bonds is 7. The first-order valence-electron chi connectivity index (χ1n) is 7.40. The summed E-state index contributed by atoms with van der Waals surface area (Å²) in [6, 6.07) is 17.1. The predicted octanol–water partition coefficient (Wildman–Crippen LogP) is 5.09. The molecular weight excluding hydrogens is 326 g/mol. The van der Waals surface area contributed by atoms with Crippen molar-refractivity contribution in [2.45, 2.75) is 32.9 Å². The summed E-state index contributed by atoms with van der Waals surface area (Å²) < 4.78 is 6.68. The zero-order valence-electron chi connectivity index (χ0n) is 12.6. The molecule has 2 nitrogen and oxygen atoms in total. The lowest BCUT2D eigenvalue weighted by Crippen LogP contribution is -2.18. The van der Waals surface area contributed by atoms with Crippen molar-refractivity contribution >= 4 is 15.9 Å². The lowest BCUT2D eigenvalue weighted by atomic mass is 10.1. The van der Waals surface area contributed by atoms with Crippen LogP contribution in [0.5, 0.6) is 5.75 Å². The molecule has 1 N–H and O–H groups in total. The molecule has 0 aromatic heterocycles. The highest BCUT2D eigenvalue weighted by Crippen LogP contribution is 2.26. The van der Waals surface area contributed by atoms with E-state index in [4.69, 9.17) is 4.74 Å². The molecular formula is C18H22BrNO. The van der Waals surface area contributed by atoms with E-state index in [-0.39, 0.29) is 0 Å². The van der Waals surface area contributed by atoms with Crippen LogP contribution in [-0.2, 0) is 6.54 Å². The van der Waals surface area contributed by atoms with Gasteiger partial charge >= 0.3 is 0 Å². The van der Waals surface area contributed by atoms with Crippen LogP contribution in [0.3, 0.4) is 0 Å². The summed E-state index contributed by atoms with van der Waals surface area (Å²) in [5, 5.41) is 3.54. The summed E-state index contributed by atoms with van der Waals surface area (Å²) in [5.41, 5.74) is 2.55. The minimum absolute atomic E-state index is 0.334. The number of hydrogen-bond donors (Lipinski definition) is 1. The third kappa shape index (κ3) is 4.87. The Kier molecular flexibility index (Phi) is 6.27. The molecule has 0 aliphatic carbocycles. The SMILES string of the molecule is CCCOc1ccc(CN[C@@H](C)c2ccccc2)cc1Br. The Morgan fingerprint density at radius 1 is 1.14 bits per heavy atom. The molecule has 0 saturated carbocycles. The molecule has 0 unspecified atom stereocenters. The molecule has 3 heteroatoms. The molecule has 21 heavy (non-hydrogen) atoms. The van der Waals surface area contributed by atoms with E-state index in [9.17, 15) is 0 Å². The molecule has 0 heterocycles. The van der Waals surface area contributed by atoms with Gasteiger partial charge in [0.05, 0.1) is 11.1 Å². The number of hydrogen-bond acceptors (Lipinski definition) is 2. The lowest BCUT2D eigenvalue weighted by Gasteiger charge is -2.15. The first-order chi connectivity index (χ1) is 10.2. The van der Waals surface area contributed by atoms with Crippen LogP contribution in [0, 0.1) is 0 Å². The lowest BCUT2D eigenvalue weighted by molar-refractivity contribution is 0.315. The fourth-order valence-electron chi connectivity index (χ4n) is 2.11. The molecule has 2 aromatic rings. The molecule has 2 aromatic carbocycles. The number of ether oxygens (including phenoxy) is 1. The first-order valence-corrected chi connectivity index (χ1v) is 8.19. The van der Waals surface area contributed by atoms with Crippen molar-refractivity contribution in [1.29, 1.82) is 0 Å². The molecule has 0 amide bonds. The Bertz CT molecular complexity index is 556. The Morgan fingerprint density at radius 3 is 2.57 bits per heavy atom. The van der Waals surface area contributed by atoms with Crippen molar-refractivity contribution in [2.24, 2.45) is 0 Å². The maximum absolute atomic E-state index is 5.67. The summed E-state index contributed by atoms with van der Waals surface area (Å²) in [5.74, 6) is 0.914. The van der Waals surface area contributed by atoms with Gasteiger partial charge in [0.2, 0.25) is 0 Å². The van der Waals surface area contributed by atoms with Crippen LogP contribution < -0.4 is 10.1 Å². The second-order valence-corrected chi connectivity index (χ2v) is 5.98. The summed E-state index contributed by atoms with van der Waals surface area (Å²) in [7, 11) is 0. The maximum atomic E-state index is 5.67. The summed E-state index contributed by atoms with van der Waals surface area (Å²) in [4.78, 5) is 0. The molecule has 112 valence electrons. The zero-order valence-corrected chi connectivity index (χ0v) is 14.2. The van der Waals surface area contributed by atoms with Crippen molar-refractivity contribution in [3.8, 4) is 5.75 Å². The Balaban J connectivity index is 1.93. The second kappa shape index (κ2) is 8.20. The van der Waals surface area contributed by atoms with Gasteiger partial charge in [-0.15, -0.1) is 0 Å². The third-order valence-corrected chi connectivity index (χ3v) is 3.99. The van der Waals surface area contributed by atoms with Gasteiger partial charge in [0.15, 0.2) is 0 Å². The van der Waals surface area contributed by atoms with E-state index in [0.29, 0.717) is 6.04 Å². The maximum Gasteiger partial charge on any atom is 0.133 e. The van der Waals surface area contributed by atoms with Crippen LogP contribution in [0.4, 0.5) is 0 Å². The smallest absolute Gasteiger partial charge is 0.133 e. The number of benzene rings is 2. The Morgan fingerprint density at radius 2 is 1.90 bits per heavy atom. The fraction of sp³-hybridized carbons (Fsp3) is 0.333. The second-order valence-electron chi connectivity index (χ2n) is 5.13. The van der Waals surface area contributed by atoms with E-state index in [1.807, 2.05) is 12.1 Å². The van der Waals surface area contributed by atoms with Crippen molar-refractivity contribution in [2.75, 3.05) is 6.61 Å². The van der Waals surface area contributed by atoms with Gasteiger partial charge in [0.25, 0.3) is 0 Å². The van der Waals surface area contributed by atoms with E-state index in [0.717, 1.165) is 29.8 Å². The Labute approximate surface area is 135 Å². The van der Waals surface area contributed by atoms with Crippen molar-refractivity contribution in [3.63, 3.8) is 0 Å². The number of nitrogens with one attached hydrogen (secondary N) is 1. The van der Waals surface area contributed by atoms with E-state index >= 15 is 0 Å². The molecule has 0 aliphatic rings. The molecule has 0 bridgehead atoms. The van der Waals surface area contributed by atoms with E-state index < -0.39 is 0 Å². The molecule has 1 atom stereocenters. The highest BCUT2D eigenvalue weighted by Gasteiger charge is 2.06. The monoisotopic (exact) mass is 347 g/mol. The van der Waals surface area contributed by atoms with Gasteiger partial charge in [0, 0.05) is 12.6 Å². The molecule has 0 spiro atoms. The largest absolute Gasteiger partial charge is 0.492 e. The van der Waals surface area contributed by atoms with Crippen molar-refractivity contribution in [1.82, 2.24) is 5.32 Å². The molecule has 0 radical (unpaired) electrons. The van der Waals surface area contributed by atoms with Crippen LogP contribution in [0.25, 0.3) is 0 Å². The van der Waals surface area contributed by atoms with Gasteiger partial charge in [-0.2, -0.15) is 0 Å². The predicted molar refractivity (Wildman–Crippen MR) is 91.6 cm³/mol.